The fraction of sp³-hybridized carbons (Fsp3) is 0.571. The predicted octanol–water partition coefficient (Wildman–Crippen LogP) is 4.20. The molecule has 1 aliphatic rings. The maximum atomic E-state index is 11.0. The van der Waals surface area contributed by atoms with Crippen molar-refractivity contribution >= 4 is 23.1 Å². The highest BCUT2D eigenvalue weighted by atomic mass is 32.2. The summed E-state index contributed by atoms with van der Waals surface area (Å²) >= 11 is 1.94. The van der Waals surface area contributed by atoms with Crippen LogP contribution in [0.15, 0.2) is 18.2 Å². The van der Waals surface area contributed by atoms with Gasteiger partial charge < -0.3 is 5.32 Å². The standard InChI is InChI=1S/C14H20N2O2S/c1-15-13-8-7-11(9-14(13)16(17)18)10-19-12-5-3-2-4-6-12/h7-9,12,15H,2-6,10H2,1H3. The zero-order valence-electron chi connectivity index (χ0n) is 11.2. The van der Waals surface area contributed by atoms with E-state index in [1.807, 2.05) is 17.8 Å². The molecule has 0 bridgehead atoms. The van der Waals surface area contributed by atoms with Crippen LogP contribution in [0.4, 0.5) is 11.4 Å². The summed E-state index contributed by atoms with van der Waals surface area (Å²) in [5.74, 6) is 0.871. The maximum Gasteiger partial charge on any atom is 0.292 e. The minimum Gasteiger partial charge on any atom is -0.383 e. The lowest BCUT2D eigenvalue weighted by molar-refractivity contribution is -0.384. The molecule has 5 heteroatoms. The second-order valence-electron chi connectivity index (χ2n) is 4.93. The van der Waals surface area contributed by atoms with Gasteiger partial charge in [0.1, 0.15) is 5.69 Å². The van der Waals surface area contributed by atoms with Gasteiger partial charge in [-0.3, -0.25) is 10.1 Å². The Hall–Kier alpha value is -1.23. The summed E-state index contributed by atoms with van der Waals surface area (Å²) in [6.45, 7) is 0. The Kier molecular flexibility index (Phi) is 5.07. The number of nitro groups is 1. The molecule has 1 aromatic rings. The van der Waals surface area contributed by atoms with Gasteiger partial charge in [0, 0.05) is 24.1 Å². The average Bonchev–Trinajstić information content (AvgIpc) is 2.46. The van der Waals surface area contributed by atoms with Crippen molar-refractivity contribution < 1.29 is 4.92 Å². The zero-order valence-corrected chi connectivity index (χ0v) is 12.0. The van der Waals surface area contributed by atoms with Crippen molar-refractivity contribution in [2.24, 2.45) is 0 Å². The Labute approximate surface area is 118 Å². The van der Waals surface area contributed by atoms with E-state index in [-0.39, 0.29) is 10.6 Å². The van der Waals surface area contributed by atoms with Crippen LogP contribution in [0.1, 0.15) is 37.7 Å². The number of rotatable bonds is 5. The number of nitro benzene ring substituents is 1. The van der Waals surface area contributed by atoms with E-state index in [1.165, 1.54) is 32.1 Å². The second kappa shape index (κ2) is 6.80. The van der Waals surface area contributed by atoms with Crippen molar-refractivity contribution in [3.8, 4) is 0 Å². The van der Waals surface area contributed by atoms with Crippen LogP contribution < -0.4 is 5.32 Å². The van der Waals surface area contributed by atoms with Crippen molar-refractivity contribution in [2.45, 2.75) is 43.1 Å². The van der Waals surface area contributed by atoms with Gasteiger partial charge in [0.2, 0.25) is 0 Å². The van der Waals surface area contributed by atoms with Gasteiger partial charge in [-0.1, -0.05) is 25.3 Å². The van der Waals surface area contributed by atoms with Gasteiger partial charge in [0.25, 0.3) is 5.69 Å². The van der Waals surface area contributed by atoms with E-state index in [4.69, 9.17) is 0 Å². The number of nitrogens with zero attached hydrogens (tertiary/aromatic N) is 1. The Balaban J connectivity index is 2.00. The molecule has 0 unspecified atom stereocenters. The molecule has 1 saturated carbocycles. The molecule has 1 aliphatic carbocycles. The molecule has 4 nitrogen and oxygen atoms in total. The van der Waals surface area contributed by atoms with E-state index in [9.17, 15) is 10.1 Å². The highest BCUT2D eigenvalue weighted by molar-refractivity contribution is 7.99. The molecule has 0 aliphatic heterocycles. The van der Waals surface area contributed by atoms with E-state index < -0.39 is 0 Å². The smallest absolute Gasteiger partial charge is 0.292 e. The van der Waals surface area contributed by atoms with Crippen LogP contribution in [0.5, 0.6) is 0 Å². The summed E-state index contributed by atoms with van der Waals surface area (Å²) in [7, 11) is 1.71. The molecule has 0 radical (unpaired) electrons. The lowest BCUT2D eigenvalue weighted by Crippen LogP contribution is -2.08. The first-order chi connectivity index (χ1) is 9.20. The van der Waals surface area contributed by atoms with Crippen LogP contribution in [-0.2, 0) is 5.75 Å². The van der Waals surface area contributed by atoms with E-state index in [0.717, 1.165) is 16.6 Å². The molecule has 0 heterocycles. The Morgan fingerprint density at radius 3 is 2.74 bits per heavy atom. The Bertz CT molecular complexity index is 445. The number of nitrogens with one attached hydrogen (secondary N) is 1. The first kappa shape index (κ1) is 14.2. The van der Waals surface area contributed by atoms with Crippen LogP contribution >= 0.6 is 11.8 Å². The summed E-state index contributed by atoms with van der Waals surface area (Å²) in [4.78, 5) is 10.7. The molecule has 1 N–H and O–H groups in total. The normalized spacial score (nSPS) is 16.3. The van der Waals surface area contributed by atoms with Crippen LogP contribution in [0.3, 0.4) is 0 Å². The summed E-state index contributed by atoms with van der Waals surface area (Å²) < 4.78 is 0. The molecule has 1 fully saturated rings. The first-order valence-electron chi connectivity index (χ1n) is 6.77. The minimum absolute atomic E-state index is 0.171. The maximum absolute atomic E-state index is 11.0. The van der Waals surface area contributed by atoms with Gasteiger partial charge in [-0.25, -0.2) is 0 Å². The fourth-order valence-corrected chi connectivity index (χ4v) is 3.75. The molecule has 0 amide bonds. The van der Waals surface area contributed by atoms with Crippen molar-refractivity contribution in [3.05, 3.63) is 33.9 Å². The molecular formula is C14H20N2O2S. The zero-order chi connectivity index (χ0) is 13.7. The van der Waals surface area contributed by atoms with Crippen LogP contribution in [0.25, 0.3) is 0 Å². The molecule has 0 atom stereocenters. The number of benzene rings is 1. The lowest BCUT2D eigenvalue weighted by atomic mass is 10.0. The molecule has 0 spiro atoms. The molecule has 0 saturated heterocycles. The van der Waals surface area contributed by atoms with Crippen molar-refractivity contribution in [1.29, 1.82) is 0 Å². The SMILES string of the molecule is CNc1ccc(CSC2CCCCC2)cc1[N+](=O)[O-]. The largest absolute Gasteiger partial charge is 0.383 e. The van der Waals surface area contributed by atoms with Crippen molar-refractivity contribution in [2.75, 3.05) is 12.4 Å². The van der Waals surface area contributed by atoms with E-state index in [2.05, 4.69) is 5.32 Å². The van der Waals surface area contributed by atoms with E-state index >= 15 is 0 Å². The lowest BCUT2D eigenvalue weighted by Gasteiger charge is -2.20. The summed E-state index contributed by atoms with van der Waals surface area (Å²) in [5, 5.41) is 14.6. The molecule has 19 heavy (non-hydrogen) atoms. The molecule has 1 aromatic carbocycles. The quantitative estimate of drug-likeness (QED) is 0.648. The van der Waals surface area contributed by atoms with Crippen LogP contribution in [0.2, 0.25) is 0 Å². The number of hydrogen-bond donors (Lipinski definition) is 1. The van der Waals surface area contributed by atoms with Gasteiger partial charge in [0.15, 0.2) is 0 Å². The Morgan fingerprint density at radius 1 is 1.37 bits per heavy atom. The van der Waals surface area contributed by atoms with Crippen LogP contribution in [0, 0.1) is 10.1 Å². The first-order valence-corrected chi connectivity index (χ1v) is 7.82. The van der Waals surface area contributed by atoms with Gasteiger partial charge in [-0.05, 0) is 24.5 Å². The molecule has 104 valence electrons. The molecule has 2 rings (SSSR count). The van der Waals surface area contributed by atoms with Gasteiger partial charge in [-0.15, -0.1) is 0 Å². The predicted molar refractivity (Wildman–Crippen MR) is 80.8 cm³/mol. The highest BCUT2D eigenvalue weighted by Crippen LogP contribution is 2.32. The number of hydrogen-bond acceptors (Lipinski definition) is 4. The minimum atomic E-state index is -0.319. The topological polar surface area (TPSA) is 55.2 Å². The number of thioether (sulfide) groups is 1. The third-order valence-corrected chi connectivity index (χ3v) is 5.01. The summed E-state index contributed by atoms with van der Waals surface area (Å²) in [6, 6.07) is 5.48. The third-order valence-electron chi connectivity index (χ3n) is 3.57. The molecular weight excluding hydrogens is 260 g/mol. The summed E-state index contributed by atoms with van der Waals surface area (Å²) in [5.41, 5.74) is 1.79. The van der Waals surface area contributed by atoms with Gasteiger partial charge in [0.05, 0.1) is 4.92 Å². The summed E-state index contributed by atoms with van der Waals surface area (Å²) in [6.07, 6.45) is 6.61. The number of anilines is 1. The Morgan fingerprint density at radius 2 is 2.11 bits per heavy atom. The highest BCUT2D eigenvalue weighted by Gasteiger charge is 2.16. The van der Waals surface area contributed by atoms with Crippen molar-refractivity contribution in [3.63, 3.8) is 0 Å². The van der Waals surface area contributed by atoms with Gasteiger partial charge in [-0.2, -0.15) is 11.8 Å². The van der Waals surface area contributed by atoms with Gasteiger partial charge >= 0.3 is 0 Å². The van der Waals surface area contributed by atoms with Crippen LogP contribution in [-0.4, -0.2) is 17.2 Å². The van der Waals surface area contributed by atoms with E-state index in [0.29, 0.717) is 5.69 Å². The second-order valence-corrected chi connectivity index (χ2v) is 6.22. The third kappa shape index (κ3) is 3.86. The molecule has 0 aromatic heterocycles. The monoisotopic (exact) mass is 280 g/mol. The van der Waals surface area contributed by atoms with Crippen molar-refractivity contribution in [1.82, 2.24) is 0 Å². The van der Waals surface area contributed by atoms with E-state index in [1.54, 1.807) is 19.2 Å². The average molecular weight is 280 g/mol. The fourth-order valence-electron chi connectivity index (χ4n) is 2.48.